The molecule has 1 aliphatic carbocycles. The maximum atomic E-state index is 4.36. The van der Waals surface area contributed by atoms with Gasteiger partial charge in [0.15, 0.2) is 0 Å². The van der Waals surface area contributed by atoms with Gasteiger partial charge in [-0.05, 0) is 49.8 Å². The van der Waals surface area contributed by atoms with Gasteiger partial charge in [0.05, 0.1) is 0 Å². The van der Waals surface area contributed by atoms with Crippen LogP contribution in [0.1, 0.15) is 25.1 Å². The Morgan fingerprint density at radius 3 is 2.94 bits per heavy atom. The average molecular weight is 217 g/mol. The first kappa shape index (κ1) is 10.2. The summed E-state index contributed by atoms with van der Waals surface area (Å²) in [4.78, 5) is 8.71. The van der Waals surface area contributed by atoms with Crippen molar-refractivity contribution in [3.05, 3.63) is 24.3 Å². The molecule has 3 atom stereocenters. The Labute approximate surface area is 96.7 Å². The third kappa shape index (κ3) is 1.96. The van der Waals surface area contributed by atoms with Gasteiger partial charge in [-0.1, -0.05) is 6.42 Å². The Morgan fingerprint density at radius 1 is 1.19 bits per heavy atom. The quantitative estimate of drug-likeness (QED) is 0.818. The zero-order valence-corrected chi connectivity index (χ0v) is 9.60. The zero-order valence-electron chi connectivity index (χ0n) is 9.60. The largest absolute Gasteiger partial charge is 0.316 e. The Balaban J connectivity index is 1.70. The minimum atomic E-state index is 0.802. The molecule has 0 unspecified atom stereocenters. The predicted octanol–water partition coefficient (Wildman–Crippen LogP) is 1.65. The molecule has 1 aliphatic heterocycles. The van der Waals surface area contributed by atoms with Crippen LogP contribution in [-0.4, -0.2) is 23.1 Å². The van der Waals surface area contributed by atoms with Crippen LogP contribution >= 0.6 is 0 Å². The first-order chi connectivity index (χ1) is 7.93. The Hall–Kier alpha value is -0.960. The predicted molar refractivity (Wildman–Crippen MR) is 62.9 cm³/mol. The van der Waals surface area contributed by atoms with Crippen LogP contribution in [0.2, 0.25) is 0 Å². The fraction of sp³-hybridized carbons (Fsp3) is 0.692. The Morgan fingerprint density at radius 2 is 2.06 bits per heavy atom. The lowest BCUT2D eigenvalue weighted by atomic mass is 9.72. The lowest BCUT2D eigenvalue weighted by Gasteiger charge is -2.32. The molecule has 0 aromatic carbocycles. The molecule has 1 aromatic heterocycles. The van der Waals surface area contributed by atoms with Crippen LogP contribution in [0, 0.1) is 17.8 Å². The highest BCUT2D eigenvalue weighted by Gasteiger charge is 2.36. The van der Waals surface area contributed by atoms with Gasteiger partial charge in [-0.15, -0.1) is 0 Å². The summed E-state index contributed by atoms with van der Waals surface area (Å²) in [7, 11) is 0. The Bertz CT molecular complexity index is 338. The van der Waals surface area contributed by atoms with Crippen molar-refractivity contribution in [3.8, 4) is 0 Å². The van der Waals surface area contributed by atoms with Gasteiger partial charge in [0.2, 0.25) is 0 Å². The van der Waals surface area contributed by atoms with Crippen molar-refractivity contribution < 1.29 is 0 Å². The van der Waals surface area contributed by atoms with Gasteiger partial charge in [-0.3, -0.25) is 0 Å². The second-order valence-corrected chi connectivity index (χ2v) is 5.14. The van der Waals surface area contributed by atoms with Crippen molar-refractivity contribution in [2.45, 2.75) is 25.7 Å². The van der Waals surface area contributed by atoms with Crippen molar-refractivity contribution in [2.24, 2.45) is 17.8 Å². The molecule has 16 heavy (non-hydrogen) atoms. The van der Waals surface area contributed by atoms with Gasteiger partial charge < -0.3 is 5.32 Å². The van der Waals surface area contributed by atoms with Gasteiger partial charge in [0.1, 0.15) is 5.82 Å². The summed E-state index contributed by atoms with van der Waals surface area (Å²) in [5.74, 6) is 3.62. The zero-order chi connectivity index (χ0) is 10.8. The van der Waals surface area contributed by atoms with E-state index in [1.165, 1.54) is 32.4 Å². The number of rotatable bonds is 2. The summed E-state index contributed by atoms with van der Waals surface area (Å²) in [5.41, 5.74) is 0. The van der Waals surface area contributed by atoms with E-state index in [1.54, 1.807) is 0 Å². The van der Waals surface area contributed by atoms with E-state index in [4.69, 9.17) is 0 Å². The van der Waals surface area contributed by atoms with E-state index in [-0.39, 0.29) is 0 Å². The third-order valence-electron chi connectivity index (χ3n) is 4.21. The molecule has 86 valence electrons. The summed E-state index contributed by atoms with van der Waals surface area (Å²) in [5, 5.41) is 3.54. The standard InChI is InChI=1S/C13H19N3/c1-3-10(7-13-15-5-2-6-16-13)12-9-14-8-11(12)4-1/h2,5-6,10-12,14H,1,3-4,7-9H2/t10-,11-,12-/m1/s1. The van der Waals surface area contributed by atoms with Crippen molar-refractivity contribution in [1.29, 1.82) is 0 Å². The summed E-state index contributed by atoms with van der Waals surface area (Å²) in [6, 6.07) is 1.89. The topological polar surface area (TPSA) is 37.8 Å². The Kier molecular flexibility index (Phi) is 2.87. The van der Waals surface area contributed by atoms with Gasteiger partial charge >= 0.3 is 0 Å². The molecule has 0 spiro atoms. The average Bonchev–Trinajstić information content (AvgIpc) is 2.80. The number of aromatic nitrogens is 2. The molecule has 1 saturated carbocycles. The molecule has 0 bridgehead atoms. The minimum absolute atomic E-state index is 0.802. The van der Waals surface area contributed by atoms with Gasteiger partial charge in [-0.25, -0.2) is 9.97 Å². The van der Waals surface area contributed by atoms with Crippen LogP contribution in [-0.2, 0) is 6.42 Å². The molecule has 1 saturated heterocycles. The van der Waals surface area contributed by atoms with Crippen LogP contribution < -0.4 is 5.32 Å². The van der Waals surface area contributed by atoms with E-state index in [9.17, 15) is 0 Å². The number of hydrogen-bond donors (Lipinski definition) is 1. The maximum Gasteiger partial charge on any atom is 0.128 e. The first-order valence-electron chi connectivity index (χ1n) is 6.40. The summed E-state index contributed by atoms with van der Waals surface area (Å²) in [6.45, 7) is 2.44. The fourth-order valence-corrected chi connectivity index (χ4v) is 3.40. The van der Waals surface area contributed by atoms with Gasteiger partial charge in [-0.2, -0.15) is 0 Å². The molecule has 1 N–H and O–H groups in total. The molecule has 2 aliphatic rings. The summed E-state index contributed by atoms with van der Waals surface area (Å²) < 4.78 is 0. The van der Waals surface area contributed by atoms with Crippen molar-refractivity contribution in [2.75, 3.05) is 13.1 Å². The van der Waals surface area contributed by atoms with E-state index in [2.05, 4.69) is 15.3 Å². The molecule has 1 aromatic rings. The van der Waals surface area contributed by atoms with E-state index in [0.29, 0.717) is 0 Å². The van der Waals surface area contributed by atoms with Crippen molar-refractivity contribution in [1.82, 2.24) is 15.3 Å². The number of nitrogens with one attached hydrogen (secondary N) is 1. The van der Waals surface area contributed by atoms with Gasteiger partial charge in [0, 0.05) is 18.8 Å². The molecule has 0 radical (unpaired) electrons. The van der Waals surface area contributed by atoms with Crippen LogP contribution in [0.4, 0.5) is 0 Å². The highest BCUT2D eigenvalue weighted by Crippen LogP contribution is 2.38. The van der Waals surface area contributed by atoms with Crippen molar-refractivity contribution in [3.63, 3.8) is 0 Å². The maximum absolute atomic E-state index is 4.36. The lowest BCUT2D eigenvalue weighted by Crippen LogP contribution is -2.29. The highest BCUT2D eigenvalue weighted by molar-refractivity contribution is 4.96. The van der Waals surface area contributed by atoms with E-state index >= 15 is 0 Å². The number of fused-ring (bicyclic) bond motifs is 1. The third-order valence-corrected chi connectivity index (χ3v) is 4.21. The molecule has 3 nitrogen and oxygen atoms in total. The van der Waals surface area contributed by atoms with Crippen LogP contribution in [0.25, 0.3) is 0 Å². The summed E-state index contributed by atoms with van der Waals surface area (Å²) >= 11 is 0. The molecule has 2 fully saturated rings. The molecular weight excluding hydrogens is 198 g/mol. The lowest BCUT2D eigenvalue weighted by molar-refractivity contribution is 0.196. The second-order valence-electron chi connectivity index (χ2n) is 5.14. The van der Waals surface area contributed by atoms with Crippen LogP contribution in [0.5, 0.6) is 0 Å². The SMILES string of the molecule is c1cnc(C[C@H]2CCC[C@@H]3CNC[C@@H]32)nc1. The monoisotopic (exact) mass is 217 g/mol. The fourth-order valence-electron chi connectivity index (χ4n) is 3.40. The minimum Gasteiger partial charge on any atom is -0.316 e. The molecule has 3 rings (SSSR count). The van der Waals surface area contributed by atoms with E-state index < -0.39 is 0 Å². The smallest absolute Gasteiger partial charge is 0.128 e. The number of hydrogen-bond acceptors (Lipinski definition) is 3. The van der Waals surface area contributed by atoms with Crippen LogP contribution in [0.15, 0.2) is 18.5 Å². The molecular formula is C13H19N3. The molecule has 2 heterocycles. The normalized spacial score (nSPS) is 33.6. The van der Waals surface area contributed by atoms with Crippen molar-refractivity contribution >= 4 is 0 Å². The molecule has 3 heteroatoms. The first-order valence-corrected chi connectivity index (χ1v) is 6.40. The summed E-state index contributed by atoms with van der Waals surface area (Å²) in [6.07, 6.45) is 8.96. The van der Waals surface area contributed by atoms with E-state index in [1.807, 2.05) is 18.5 Å². The number of nitrogens with zero attached hydrogens (tertiary/aromatic N) is 2. The van der Waals surface area contributed by atoms with Crippen LogP contribution in [0.3, 0.4) is 0 Å². The molecule has 0 amide bonds. The van der Waals surface area contributed by atoms with E-state index in [0.717, 1.165) is 30.0 Å². The second kappa shape index (κ2) is 4.50. The van der Waals surface area contributed by atoms with Gasteiger partial charge in [0.25, 0.3) is 0 Å². The highest BCUT2D eigenvalue weighted by atomic mass is 14.9.